The summed E-state index contributed by atoms with van der Waals surface area (Å²) >= 11 is 6.60. The topological polar surface area (TPSA) is 103 Å². The van der Waals surface area contributed by atoms with Gasteiger partial charge < -0.3 is 24.5 Å². The Labute approximate surface area is 226 Å². The zero-order valence-corrected chi connectivity index (χ0v) is 22.5. The number of dihydropyridines is 1. The first kappa shape index (κ1) is 27.2. The third-order valence-corrected chi connectivity index (χ3v) is 6.69. The van der Waals surface area contributed by atoms with Crippen molar-refractivity contribution < 1.29 is 23.8 Å². The van der Waals surface area contributed by atoms with Crippen LogP contribution in [0.25, 0.3) is 0 Å². The van der Waals surface area contributed by atoms with Crippen LogP contribution in [0.4, 0.5) is 0 Å². The molecule has 3 aromatic rings. The van der Waals surface area contributed by atoms with Gasteiger partial charge in [-0.15, -0.1) is 0 Å². The van der Waals surface area contributed by atoms with Gasteiger partial charge in [0.1, 0.15) is 5.82 Å². The van der Waals surface area contributed by atoms with Gasteiger partial charge in [-0.1, -0.05) is 60.1 Å². The lowest BCUT2D eigenvalue weighted by atomic mass is 9.79. The van der Waals surface area contributed by atoms with Crippen molar-refractivity contribution >= 4 is 23.5 Å². The molecular weight excluding hydrogens is 506 g/mol. The van der Waals surface area contributed by atoms with Gasteiger partial charge in [-0.05, 0) is 31.0 Å². The van der Waals surface area contributed by atoms with E-state index in [4.69, 9.17) is 25.8 Å². The van der Waals surface area contributed by atoms with Crippen molar-refractivity contribution in [3.8, 4) is 0 Å². The maximum Gasteiger partial charge on any atom is 0.336 e. The monoisotopic (exact) mass is 535 g/mol. The van der Waals surface area contributed by atoms with Gasteiger partial charge in [-0.3, -0.25) is 0 Å². The van der Waals surface area contributed by atoms with E-state index in [2.05, 4.69) is 15.3 Å². The number of hydrogen-bond acceptors (Lipinski definition) is 7. The molecule has 0 spiro atoms. The summed E-state index contributed by atoms with van der Waals surface area (Å²) in [5, 5.41) is 3.62. The molecule has 0 radical (unpaired) electrons. The number of esters is 2. The molecule has 0 aliphatic carbocycles. The highest BCUT2D eigenvalue weighted by Gasteiger charge is 2.42. The number of carbonyl (C=O) groups excluding carboxylic acids is 2. The summed E-state index contributed by atoms with van der Waals surface area (Å²) in [6, 6.07) is 17.1. The fourth-order valence-electron chi connectivity index (χ4n) is 4.68. The number of aromatic amines is 1. The lowest BCUT2D eigenvalue weighted by Crippen LogP contribution is -2.36. The Balaban J connectivity index is 1.87. The van der Waals surface area contributed by atoms with E-state index in [-0.39, 0.29) is 17.8 Å². The Hall–Kier alpha value is -3.88. The van der Waals surface area contributed by atoms with E-state index >= 15 is 0 Å². The number of hydrogen-bond donors (Lipinski definition) is 2. The minimum Gasteiger partial charge on any atom is -0.466 e. The zero-order chi connectivity index (χ0) is 27.2. The van der Waals surface area contributed by atoms with Gasteiger partial charge in [-0.2, -0.15) is 0 Å². The highest BCUT2D eigenvalue weighted by atomic mass is 35.5. The summed E-state index contributed by atoms with van der Waals surface area (Å²) in [6.45, 7) is 3.60. The number of ether oxygens (including phenoxy) is 3. The number of rotatable bonds is 9. The molecule has 0 fully saturated rings. The van der Waals surface area contributed by atoms with E-state index in [0.717, 1.165) is 11.3 Å². The molecule has 0 saturated carbocycles. The first-order valence-corrected chi connectivity index (χ1v) is 12.6. The second-order valence-electron chi connectivity index (χ2n) is 8.73. The first-order chi connectivity index (χ1) is 18.4. The van der Waals surface area contributed by atoms with Crippen LogP contribution < -0.4 is 5.32 Å². The quantitative estimate of drug-likeness (QED) is 0.372. The number of nitrogens with zero attached hydrogens (tertiary/aromatic N) is 1. The number of aromatic nitrogens is 2. The molecule has 9 heteroatoms. The number of carbonyl (C=O) groups is 2. The van der Waals surface area contributed by atoms with Gasteiger partial charge in [0, 0.05) is 36.1 Å². The smallest absolute Gasteiger partial charge is 0.336 e. The highest BCUT2D eigenvalue weighted by Crippen LogP contribution is 2.44. The van der Waals surface area contributed by atoms with Gasteiger partial charge in [-0.25, -0.2) is 14.6 Å². The summed E-state index contributed by atoms with van der Waals surface area (Å²) in [5.74, 6) is -1.55. The molecule has 2 aromatic carbocycles. The summed E-state index contributed by atoms with van der Waals surface area (Å²) in [5.41, 5.74) is 3.93. The lowest BCUT2D eigenvalue weighted by Gasteiger charge is -2.33. The summed E-state index contributed by atoms with van der Waals surface area (Å²) in [7, 11) is 2.82. The van der Waals surface area contributed by atoms with Crippen molar-refractivity contribution in [3.05, 3.63) is 111 Å². The third kappa shape index (κ3) is 5.51. The standard InChI is InChI=1S/C29H30ClN3O5/c1-5-38-29(35)24-23(20-13-9-10-14-21(20)30)22(28(34)37-4)17(2)32-25(24)26(36-3)27-31-16-19(33-27)15-18-11-7-6-8-12-18/h6-14,16,23,26,32H,5,15H2,1-4H3,(H,31,33). The van der Waals surface area contributed by atoms with Crippen molar-refractivity contribution in [1.82, 2.24) is 15.3 Å². The Morgan fingerprint density at radius 1 is 1.03 bits per heavy atom. The largest absolute Gasteiger partial charge is 0.466 e. The van der Waals surface area contributed by atoms with Gasteiger partial charge in [0.05, 0.1) is 36.5 Å². The summed E-state index contributed by atoms with van der Waals surface area (Å²) in [4.78, 5) is 34.4. The SMILES string of the molecule is CCOC(=O)C1=C(C(OC)c2ncc(Cc3ccccc3)[nH]2)NC(C)=C(C(=O)OC)C1c1ccccc1Cl. The van der Waals surface area contributed by atoms with E-state index in [9.17, 15) is 9.59 Å². The van der Waals surface area contributed by atoms with E-state index in [1.807, 2.05) is 30.3 Å². The van der Waals surface area contributed by atoms with Gasteiger partial charge in [0.25, 0.3) is 0 Å². The predicted molar refractivity (Wildman–Crippen MR) is 143 cm³/mol. The molecule has 2 heterocycles. The molecule has 198 valence electrons. The first-order valence-electron chi connectivity index (χ1n) is 12.2. The molecule has 0 amide bonds. The van der Waals surface area contributed by atoms with Crippen LogP contribution in [-0.2, 0) is 30.2 Å². The van der Waals surface area contributed by atoms with Crippen molar-refractivity contribution in [2.24, 2.45) is 0 Å². The van der Waals surface area contributed by atoms with Crippen LogP contribution in [0.2, 0.25) is 5.02 Å². The number of halogens is 1. The molecule has 1 aromatic heterocycles. The van der Waals surface area contributed by atoms with Crippen molar-refractivity contribution in [1.29, 1.82) is 0 Å². The average molecular weight is 536 g/mol. The molecule has 0 bridgehead atoms. The van der Waals surface area contributed by atoms with Crippen molar-refractivity contribution in [2.45, 2.75) is 32.3 Å². The number of benzene rings is 2. The molecular formula is C29H30ClN3O5. The lowest BCUT2D eigenvalue weighted by molar-refractivity contribution is -0.139. The Morgan fingerprint density at radius 2 is 1.74 bits per heavy atom. The molecule has 2 atom stereocenters. The summed E-state index contributed by atoms with van der Waals surface area (Å²) < 4.78 is 16.5. The number of H-pyrrole nitrogens is 1. The molecule has 38 heavy (non-hydrogen) atoms. The second-order valence-corrected chi connectivity index (χ2v) is 9.14. The van der Waals surface area contributed by atoms with Crippen LogP contribution in [0.3, 0.4) is 0 Å². The van der Waals surface area contributed by atoms with Gasteiger partial charge in [0.2, 0.25) is 0 Å². The minimum atomic E-state index is -0.858. The van der Waals surface area contributed by atoms with Gasteiger partial charge >= 0.3 is 11.9 Å². The molecule has 2 N–H and O–H groups in total. The van der Waals surface area contributed by atoms with Crippen LogP contribution in [-0.4, -0.2) is 42.7 Å². The average Bonchev–Trinajstić information content (AvgIpc) is 3.37. The third-order valence-electron chi connectivity index (χ3n) is 6.34. The van der Waals surface area contributed by atoms with Crippen LogP contribution in [0.5, 0.6) is 0 Å². The maximum absolute atomic E-state index is 13.5. The maximum atomic E-state index is 13.5. The second kappa shape index (κ2) is 12.1. The number of imidazole rings is 1. The number of nitrogens with one attached hydrogen (secondary N) is 2. The van der Waals surface area contributed by atoms with Crippen LogP contribution in [0.15, 0.2) is 83.3 Å². The fraction of sp³-hybridized carbons (Fsp3) is 0.276. The van der Waals surface area contributed by atoms with Gasteiger partial charge in [0.15, 0.2) is 6.10 Å². The van der Waals surface area contributed by atoms with E-state index in [0.29, 0.717) is 34.2 Å². The Bertz CT molecular complexity index is 1380. The van der Waals surface area contributed by atoms with E-state index in [1.165, 1.54) is 14.2 Å². The number of allylic oxidation sites excluding steroid dienone is 1. The molecule has 8 nitrogen and oxygen atoms in total. The van der Waals surface area contributed by atoms with Crippen LogP contribution >= 0.6 is 11.6 Å². The minimum absolute atomic E-state index is 0.140. The highest BCUT2D eigenvalue weighted by molar-refractivity contribution is 6.31. The fourth-order valence-corrected chi connectivity index (χ4v) is 4.92. The van der Waals surface area contributed by atoms with Crippen LogP contribution in [0.1, 0.15) is 48.5 Å². The molecule has 1 aliphatic heterocycles. The van der Waals surface area contributed by atoms with E-state index < -0.39 is 24.0 Å². The van der Waals surface area contributed by atoms with Crippen molar-refractivity contribution in [3.63, 3.8) is 0 Å². The van der Waals surface area contributed by atoms with Crippen molar-refractivity contribution in [2.75, 3.05) is 20.8 Å². The molecule has 4 rings (SSSR count). The number of methoxy groups -OCH3 is 2. The molecule has 0 saturated heterocycles. The zero-order valence-electron chi connectivity index (χ0n) is 21.7. The van der Waals surface area contributed by atoms with Crippen LogP contribution in [0, 0.1) is 0 Å². The Kier molecular flexibility index (Phi) is 8.66. The van der Waals surface area contributed by atoms with E-state index in [1.54, 1.807) is 44.3 Å². The normalized spacial score (nSPS) is 16.2. The predicted octanol–water partition coefficient (Wildman–Crippen LogP) is 4.99. The molecule has 2 unspecified atom stereocenters. The summed E-state index contributed by atoms with van der Waals surface area (Å²) in [6.07, 6.45) is 1.60. The Morgan fingerprint density at radius 3 is 2.39 bits per heavy atom. The molecule has 1 aliphatic rings.